The number of hydrogen-bond acceptors (Lipinski definition) is 9. The minimum atomic E-state index is -1.01. The number of carbonyl (C=O) groups is 5. The lowest BCUT2D eigenvalue weighted by Gasteiger charge is -2.29. The second kappa shape index (κ2) is 17.5. The van der Waals surface area contributed by atoms with Gasteiger partial charge in [0.2, 0.25) is 17.7 Å². The molecule has 0 saturated carbocycles. The van der Waals surface area contributed by atoms with Crippen molar-refractivity contribution in [1.82, 2.24) is 35.7 Å². The molecular formula is C37H45N7O7. The lowest BCUT2D eigenvalue weighted by Crippen LogP contribution is -2.56. The van der Waals surface area contributed by atoms with Gasteiger partial charge < -0.3 is 35.2 Å². The zero-order valence-electron chi connectivity index (χ0n) is 29.1. The van der Waals surface area contributed by atoms with Gasteiger partial charge in [0.25, 0.3) is 11.8 Å². The number of amides is 5. The number of fused-ring (bicyclic) bond motifs is 4. The van der Waals surface area contributed by atoms with Gasteiger partial charge in [-0.05, 0) is 35.6 Å². The number of rotatable bonds is 8. The number of nitrogens with one attached hydrogen (secondary N) is 3. The number of aromatic nitrogens is 2. The fourth-order valence-electron chi connectivity index (χ4n) is 6.40. The number of carbonyl (C=O) groups excluding carboxylic acids is 5. The summed E-state index contributed by atoms with van der Waals surface area (Å²) in [6, 6.07) is 14.0. The Bertz CT molecular complexity index is 1670. The van der Waals surface area contributed by atoms with Crippen LogP contribution in [0.5, 0.6) is 5.75 Å². The molecule has 0 unspecified atom stereocenters. The minimum absolute atomic E-state index is 0.0481. The quantitative estimate of drug-likeness (QED) is 0.314. The molecule has 3 heterocycles. The van der Waals surface area contributed by atoms with Crippen LogP contribution in [-0.4, -0.2) is 114 Å². The van der Waals surface area contributed by atoms with E-state index in [2.05, 4.69) is 25.9 Å². The van der Waals surface area contributed by atoms with Crippen LogP contribution in [0, 0.1) is 5.92 Å². The molecule has 1 aromatic heterocycles. The highest BCUT2D eigenvalue weighted by molar-refractivity contribution is 5.95. The molecule has 2 aliphatic rings. The molecule has 1 fully saturated rings. The lowest BCUT2D eigenvalue weighted by molar-refractivity contribution is -0.141. The molecule has 4 atom stereocenters. The summed E-state index contributed by atoms with van der Waals surface area (Å²) >= 11 is 0. The summed E-state index contributed by atoms with van der Waals surface area (Å²) in [4.78, 5) is 79.4. The number of nitrogens with zero attached hydrogens (tertiary/aromatic N) is 4. The van der Waals surface area contributed by atoms with E-state index in [4.69, 9.17) is 9.47 Å². The molecule has 2 bridgehead atoms. The highest BCUT2D eigenvalue weighted by Crippen LogP contribution is 2.31. The standard InChI is InChI=1S/C37H45N7O7/c1-24(2)14-31-37(49)43(12-13-50-3)21-33(45)40-30(15-25-8-5-4-6-9-25)35(47)42-32-20-44(36(48)27-17-38-23-39-18-27)19-29(32)26-10-7-11-28(16-26)51-22-34(46)41-31/h4-11,16-18,23-24,29-32H,12-15,19-22H2,1-3H3,(H,40,45)(H,41,46)(H,42,47)/t29-,30-,31+,32+/m0/s1. The van der Waals surface area contributed by atoms with E-state index in [0.29, 0.717) is 17.7 Å². The molecule has 0 radical (unpaired) electrons. The molecule has 270 valence electrons. The van der Waals surface area contributed by atoms with Gasteiger partial charge >= 0.3 is 0 Å². The molecule has 14 nitrogen and oxygen atoms in total. The first-order valence-electron chi connectivity index (χ1n) is 17.1. The van der Waals surface area contributed by atoms with E-state index in [1.807, 2.05) is 50.2 Å². The topological polar surface area (TPSA) is 172 Å². The van der Waals surface area contributed by atoms with Crippen molar-refractivity contribution in [2.75, 3.05) is 46.5 Å². The number of ether oxygens (including phenoxy) is 2. The summed E-state index contributed by atoms with van der Waals surface area (Å²) in [6.45, 7) is 3.85. The van der Waals surface area contributed by atoms with Crippen LogP contribution in [0.25, 0.3) is 0 Å². The van der Waals surface area contributed by atoms with Crippen molar-refractivity contribution in [1.29, 1.82) is 0 Å². The third kappa shape index (κ3) is 10.1. The predicted molar refractivity (Wildman–Crippen MR) is 186 cm³/mol. The van der Waals surface area contributed by atoms with Crippen molar-refractivity contribution < 1.29 is 33.4 Å². The Morgan fingerprint density at radius 2 is 1.69 bits per heavy atom. The van der Waals surface area contributed by atoms with Crippen LogP contribution in [0.2, 0.25) is 0 Å². The summed E-state index contributed by atoms with van der Waals surface area (Å²) in [7, 11) is 1.49. The Hall–Kier alpha value is -5.37. The third-order valence-electron chi connectivity index (χ3n) is 8.88. The molecule has 51 heavy (non-hydrogen) atoms. The van der Waals surface area contributed by atoms with Gasteiger partial charge in [0.15, 0.2) is 6.61 Å². The average Bonchev–Trinajstić information content (AvgIpc) is 3.55. The highest BCUT2D eigenvalue weighted by atomic mass is 16.5. The lowest BCUT2D eigenvalue weighted by atomic mass is 9.93. The van der Waals surface area contributed by atoms with E-state index >= 15 is 0 Å². The van der Waals surface area contributed by atoms with Gasteiger partial charge in [-0.1, -0.05) is 56.3 Å². The molecule has 5 rings (SSSR count). The Labute approximate surface area is 297 Å². The summed E-state index contributed by atoms with van der Waals surface area (Å²) in [6.07, 6.45) is 4.75. The van der Waals surface area contributed by atoms with Crippen LogP contribution in [0.1, 0.15) is 47.7 Å². The molecule has 2 aromatic carbocycles. The van der Waals surface area contributed by atoms with E-state index in [1.54, 1.807) is 23.1 Å². The van der Waals surface area contributed by atoms with Crippen LogP contribution in [0.3, 0.4) is 0 Å². The van der Waals surface area contributed by atoms with Crippen LogP contribution >= 0.6 is 0 Å². The van der Waals surface area contributed by atoms with Crippen LogP contribution in [0.4, 0.5) is 0 Å². The molecule has 3 N–H and O–H groups in total. The van der Waals surface area contributed by atoms with Crippen molar-refractivity contribution in [3.63, 3.8) is 0 Å². The maximum atomic E-state index is 14.2. The van der Waals surface area contributed by atoms with E-state index in [9.17, 15) is 24.0 Å². The van der Waals surface area contributed by atoms with E-state index in [1.165, 1.54) is 30.7 Å². The maximum absolute atomic E-state index is 14.2. The van der Waals surface area contributed by atoms with Gasteiger partial charge in [-0.2, -0.15) is 0 Å². The van der Waals surface area contributed by atoms with Gasteiger partial charge in [0, 0.05) is 51.5 Å². The van der Waals surface area contributed by atoms with Crippen molar-refractivity contribution in [2.24, 2.45) is 5.92 Å². The molecule has 1 saturated heterocycles. The third-order valence-corrected chi connectivity index (χ3v) is 8.88. The zero-order valence-corrected chi connectivity index (χ0v) is 29.1. The van der Waals surface area contributed by atoms with Crippen molar-refractivity contribution >= 4 is 29.5 Å². The van der Waals surface area contributed by atoms with Crippen LogP contribution in [0.15, 0.2) is 73.3 Å². The van der Waals surface area contributed by atoms with Crippen LogP contribution < -0.4 is 20.7 Å². The van der Waals surface area contributed by atoms with Crippen molar-refractivity contribution in [2.45, 2.75) is 50.7 Å². The Morgan fingerprint density at radius 3 is 2.41 bits per heavy atom. The monoisotopic (exact) mass is 699 g/mol. The largest absolute Gasteiger partial charge is 0.484 e. The highest BCUT2D eigenvalue weighted by Gasteiger charge is 2.39. The fraction of sp³-hybridized carbons (Fsp3) is 0.432. The SMILES string of the molecule is COCCN1CC(=O)N[C@@H](Cc2ccccc2)C(=O)N[C@@H]2CN(C(=O)c3cncnc3)C[C@H]2c2cccc(c2)OCC(=O)N[C@H](CC(C)C)C1=O. The fourth-order valence-corrected chi connectivity index (χ4v) is 6.40. The van der Waals surface area contributed by atoms with Crippen LogP contribution in [-0.2, 0) is 30.3 Å². The number of hydrogen-bond donors (Lipinski definition) is 3. The molecule has 0 aliphatic carbocycles. The summed E-state index contributed by atoms with van der Waals surface area (Å²) in [5.41, 5.74) is 1.92. The van der Waals surface area contributed by atoms with E-state index in [-0.39, 0.29) is 63.6 Å². The summed E-state index contributed by atoms with van der Waals surface area (Å²) in [5.74, 6) is -2.11. The zero-order chi connectivity index (χ0) is 36.3. The number of methoxy groups -OCH3 is 1. The van der Waals surface area contributed by atoms with Gasteiger partial charge in [0.05, 0.1) is 24.8 Å². The Kier molecular flexibility index (Phi) is 12.7. The first kappa shape index (κ1) is 36.9. The number of benzene rings is 2. The normalized spacial score (nSPS) is 21.9. The van der Waals surface area contributed by atoms with E-state index in [0.717, 1.165) is 11.1 Å². The number of likely N-dealkylation sites (tertiary alicyclic amines) is 1. The smallest absolute Gasteiger partial charge is 0.258 e. The second-order valence-corrected chi connectivity index (χ2v) is 13.2. The first-order valence-corrected chi connectivity index (χ1v) is 17.1. The van der Waals surface area contributed by atoms with Crippen molar-refractivity contribution in [3.05, 3.63) is 90.0 Å². The molecule has 2 aliphatic heterocycles. The minimum Gasteiger partial charge on any atom is -0.484 e. The molecule has 0 spiro atoms. The average molecular weight is 700 g/mol. The van der Waals surface area contributed by atoms with Gasteiger partial charge in [-0.15, -0.1) is 0 Å². The molecular weight excluding hydrogens is 654 g/mol. The van der Waals surface area contributed by atoms with Gasteiger partial charge in [0.1, 0.15) is 24.2 Å². The second-order valence-electron chi connectivity index (χ2n) is 13.2. The van der Waals surface area contributed by atoms with Gasteiger partial charge in [-0.25, -0.2) is 9.97 Å². The molecule has 3 aromatic rings. The summed E-state index contributed by atoms with van der Waals surface area (Å²) in [5, 5.41) is 8.80. The predicted octanol–water partition coefficient (Wildman–Crippen LogP) is 1.33. The maximum Gasteiger partial charge on any atom is 0.258 e. The Balaban J connectivity index is 1.50. The van der Waals surface area contributed by atoms with Crippen molar-refractivity contribution in [3.8, 4) is 5.75 Å². The summed E-state index contributed by atoms with van der Waals surface area (Å²) < 4.78 is 11.1. The first-order chi connectivity index (χ1) is 24.6. The van der Waals surface area contributed by atoms with E-state index < -0.39 is 41.8 Å². The van der Waals surface area contributed by atoms with Gasteiger partial charge in [-0.3, -0.25) is 24.0 Å². The molecule has 5 amide bonds. The Morgan fingerprint density at radius 1 is 0.941 bits per heavy atom. The molecule has 14 heteroatoms.